The van der Waals surface area contributed by atoms with Gasteiger partial charge in [-0.05, 0) is 60.7 Å². The van der Waals surface area contributed by atoms with Crippen LogP contribution in [0.5, 0.6) is 5.75 Å². The highest BCUT2D eigenvalue weighted by molar-refractivity contribution is 5.99. The Morgan fingerprint density at radius 1 is 1.03 bits per heavy atom. The number of benzene rings is 3. The van der Waals surface area contributed by atoms with E-state index in [9.17, 15) is 18.4 Å². The van der Waals surface area contributed by atoms with Crippen molar-refractivity contribution in [2.75, 3.05) is 25.2 Å². The van der Waals surface area contributed by atoms with E-state index in [-0.39, 0.29) is 24.2 Å². The number of amides is 1. The molecule has 3 aromatic carbocycles. The molecule has 10 heteroatoms. The number of nitriles is 1. The van der Waals surface area contributed by atoms with Crippen LogP contribution >= 0.6 is 0 Å². The summed E-state index contributed by atoms with van der Waals surface area (Å²) >= 11 is 0. The van der Waals surface area contributed by atoms with Gasteiger partial charge in [0.05, 0.1) is 25.3 Å². The fourth-order valence-corrected chi connectivity index (χ4v) is 3.70. The largest absolute Gasteiger partial charge is 0.497 e. The second-order valence-electron chi connectivity index (χ2n) is 8.05. The molecule has 0 N–H and O–H groups in total. The summed E-state index contributed by atoms with van der Waals surface area (Å²) in [5.74, 6) is -1.76. The van der Waals surface area contributed by atoms with Crippen LogP contribution in [0.15, 0.2) is 79.0 Å². The van der Waals surface area contributed by atoms with E-state index in [1.165, 1.54) is 71.4 Å². The van der Waals surface area contributed by atoms with Crippen LogP contribution in [-0.2, 0) is 9.53 Å². The molecule has 4 rings (SSSR count). The molecule has 0 saturated carbocycles. The van der Waals surface area contributed by atoms with Crippen molar-refractivity contribution in [2.45, 2.75) is 6.42 Å². The molecule has 0 saturated heterocycles. The first-order chi connectivity index (χ1) is 18.4. The van der Waals surface area contributed by atoms with Gasteiger partial charge in [0.15, 0.2) is 6.61 Å². The molecule has 0 bridgehead atoms. The lowest BCUT2D eigenvalue weighted by Crippen LogP contribution is -2.35. The fourth-order valence-electron chi connectivity index (χ4n) is 3.70. The third kappa shape index (κ3) is 6.02. The van der Waals surface area contributed by atoms with Crippen molar-refractivity contribution in [3.63, 3.8) is 0 Å². The number of nitrogens with zero attached hydrogens (tertiary/aromatic N) is 4. The number of carbonyl (C=O) groups excluding carboxylic acids is 2. The third-order valence-electron chi connectivity index (χ3n) is 5.58. The smallest absolute Gasteiger partial charge is 0.342 e. The number of hydrogen-bond acceptors (Lipinski definition) is 6. The Morgan fingerprint density at radius 2 is 1.71 bits per heavy atom. The number of rotatable bonds is 9. The van der Waals surface area contributed by atoms with Crippen LogP contribution in [0.2, 0.25) is 0 Å². The molecule has 0 unspecified atom stereocenters. The van der Waals surface area contributed by atoms with Crippen LogP contribution in [0.25, 0.3) is 16.9 Å². The van der Waals surface area contributed by atoms with E-state index >= 15 is 0 Å². The monoisotopic (exact) mass is 516 g/mol. The number of halogens is 2. The summed E-state index contributed by atoms with van der Waals surface area (Å²) in [5.41, 5.74) is 1.77. The Labute approximate surface area is 217 Å². The maximum atomic E-state index is 13.4. The van der Waals surface area contributed by atoms with Crippen molar-refractivity contribution in [3.05, 3.63) is 96.2 Å². The Balaban J connectivity index is 1.61. The summed E-state index contributed by atoms with van der Waals surface area (Å²) in [6.45, 7) is -0.586. The highest BCUT2D eigenvalue weighted by atomic mass is 19.1. The highest BCUT2D eigenvalue weighted by Gasteiger charge is 2.23. The van der Waals surface area contributed by atoms with E-state index in [4.69, 9.17) is 14.7 Å². The van der Waals surface area contributed by atoms with Gasteiger partial charge in [0.1, 0.15) is 28.6 Å². The maximum Gasteiger partial charge on any atom is 0.342 e. The molecule has 192 valence electrons. The molecule has 1 amide bonds. The second kappa shape index (κ2) is 11.8. The first kappa shape index (κ1) is 26.0. The number of aromatic nitrogens is 2. The first-order valence-corrected chi connectivity index (χ1v) is 11.5. The second-order valence-corrected chi connectivity index (χ2v) is 8.05. The average Bonchev–Trinajstić information content (AvgIpc) is 3.39. The van der Waals surface area contributed by atoms with Crippen molar-refractivity contribution < 1.29 is 27.8 Å². The molecule has 0 spiro atoms. The summed E-state index contributed by atoms with van der Waals surface area (Å²) in [7, 11) is 1.51. The molecular weight excluding hydrogens is 494 g/mol. The molecule has 0 aliphatic heterocycles. The van der Waals surface area contributed by atoms with Gasteiger partial charge in [-0.2, -0.15) is 10.4 Å². The maximum absolute atomic E-state index is 13.4. The molecule has 38 heavy (non-hydrogen) atoms. The van der Waals surface area contributed by atoms with Gasteiger partial charge >= 0.3 is 5.97 Å². The van der Waals surface area contributed by atoms with Crippen LogP contribution in [0.4, 0.5) is 14.5 Å². The van der Waals surface area contributed by atoms with E-state index in [0.717, 1.165) is 0 Å². The van der Waals surface area contributed by atoms with Gasteiger partial charge < -0.3 is 14.4 Å². The minimum absolute atomic E-state index is 0.0293. The Morgan fingerprint density at radius 3 is 2.37 bits per heavy atom. The molecule has 0 fully saturated rings. The molecule has 8 nitrogen and oxygen atoms in total. The Kier molecular flexibility index (Phi) is 8.08. The quantitative estimate of drug-likeness (QED) is 0.293. The molecule has 0 radical (unpaired) electrons. The lowest BCUT2D eigenvalue weighted by molar-refractivity contribution is -0.121. The van der Waals surface area contributed by atoms with Gasteiger partial charge in [-0.3, -0.25) is 4.79 Å². The summed E-state index contributed by atoms with van der Waals surface area (Å²) in [6.07, 6.45) is 1.46. The van der Waals surface area contributed by atoms with Crippen LogP contribution in [0.3, 0.4) is 0 Å². The molecule has 1 aromatic heterocycles. The van der Waals surface area contributed by atoms with Crippen molar-refractivity contribution in [3.8, 4) is 28.8 Å². The van der Waals surface area contributed by atoms with Gasteiger partial charge in [-0.1, -0.05) is 12.1 Å². The average molecular weight is 517 g/mol. The zero-order chi connectivity index (χ0) is 27.1. The number of anilines is 1. The van der Waals surface area contributed by atoms with Crippen LogP contribution in [0.1, 0.15) is 16.8 Å². The van der Waals surface area contributed by atoms with Crippen molar-refractivity contribution >= 4 is 17.6 Å². The lowest BCUT2D eigenvalue weighted by Gasteiger charge is -2.21. The topological polar surface area (TPSA) is 97.5 Å². The number of hydrogen-bond donors (Lipinski definition) is 0. The summed E-state index contributed by atoms with van der Waals surface area (Å²) in [5, 5.41) is 13.5. The van der Waals surface area contributed by atoms with Gasteiger partial charge in [-0.15, -0.1) is 0 Å². The summed E-state index contributed by atoms with van der Waals surface area (Å²) < 4.78 is 38.8. The Bertz CT molecular complexity index is 1480. The van der Waals surface area contributed by atoms with E-state index in [1.807, 2.05) is 6.07 Å². The van der Waals surface area contributed by atoms with Crippen LogP contribution in [-0.4, -0.2) is 41.9 Å². The van der Waals surface area contributed by atoms with Gasteiger partial charge in [0.2, 0.25) is 0 Å². The van der Waals surface area contributed by atoms with Gasteiger partial charge in [0, 0.05) is 24.0 Å². The van der Waals surface area contributed by atoms with E-state index in [0.29, 0.717) is 22.7 Å². The van der Waals surface area contributed by atoms with Gasteiger partial charge in [0.25, 0.3) is 5.91 Å². The highest BCUT2D eigenvalue weighted by Crippen LogP contribution is 2.28. The van der Waals surface area contributed by atoms with Crippen LogP contribution < -0.4 is 9.64 Å². The lowest BCUT2D eigenvalue weighted by atomic mass is 10.1. The minimum atomic E-state index is -0.816. The SMILES string of the molecule is COc1cccc(-c2nn(-c3ccc(F)cc3)cc2C(=O)OCC(=O)N(CCC#N)c2ccc(F)cc2)c1. The van der Waals surface area contributed by atoms with Crippen molar-refractivity contribution in [1.29, 1.82) is 5.26 Å². The number of esters is 1. The third-order valence-corrected chi connectivity index (χ3v) is 5.58. The molecular formula is C28H22F2N4O4. The zero-order valence-electron chi connectivity index (χ0n) is 20.3. The predicted octanol–water partition coefficient (Wildman–Crippen LogP) is 4.93. The van der Waals surface area contributed by atoms with Crippen molar-refractivity contribution in [2.24, 2.45) is 0 Å². The molecule has 0 aliphatic carbocycles. The molecule has 0 atom stereocenters. The standard InChI is InChI=1S/C28H22F2N4O4/c1-37-24-5-2-4-19(16-24)27-25(17-34(32-27)23-12-8-21(30)9-13-23)28(36)38-18-26(35)33(15-3-14-31)22-10-6-20(29)7-11-22/h2,4-13,16-17H,3,15,18H2,1H3. The molecule has 1 heterocycles. The van der Waals surface area contributed by atoms with Crippen LogP contribution in [0, 0.1) is 23.0 Å². The van der Waals surface area contributed by atoms with E-state index in [2.05, 4.69) is 5.10 Å². The summed E-state index contributed by atoms with van der Waals surface area (Å²) in [6, 6.07) is 19.6. The minimum Gasteiger partial charge on any atom is -0.497 e. The normalized spacial score (nSPS) is 10.5. The fraction of sp³-hybridized carbons (Fsp3) is 0.143. The van der Waals surface area contributed by atoms with Crippen molar-refractivity contribution in [1.82, 2.24) is 9.78 Å². The number of carbonyl (C=O) groups is 2. The zero-order valence-corrected chi connectivity index (χ0v) is 20.3. The van der Waals surface area contributed by atoms with E-state index in [1.54, 1.807) is 24.3 Å². The first-order valence-electron chi connectivity index (χ1n) is 11.5. The molecule has 4 aromatic rings. The predicted molar refractivity (Wildman–Crippen MR) is 135 cm³/mol. The number of methoxy groups -OCH3 is 1. The van der Waals surface area contributed by atoms with Gasteiger partial charge in [-0.25, -0.2) is 18.3 Å². The Hall–Kier alpha value is -5.04. The van der Waals surface area contributed by atoms with E-state index < -0.39 is 30.1 Å². The number of ether oxygens (including phenoxy) is 2. The summed E-state index contributed by atoms with van der Waals surface area (Å²) in [4.78, 5) is 27.4. The molecule has 0 aliphatic rings.